The van der Waals surface area contributed by atoms with Crippen molar-refractivity contribution in [3.05, 3.63) is 57.8 Å². The van der Waals surface area contributed by atoms with E-state index in [1.54, 1.807) is 11.3 Å². The van der Waals surface area contributed by atoms with Crippen LogP contribution in [-0.4, -0.2) is 12.6 Å². The molecule has 0 aliphatic heterocycles. The molecule has 0 fully saturated rings. The van der Waals surface area contributed by atoms with E-state index in [0.717, 1.165) is 6.54 Å². The maximum atomic E-state index is 3.72. The maximum absolute atomic E-state index is 3.72. The molecule has 0 aliphatic rings. The fraction of sp³-hybridized carbons (Fsp3) is 0.474. The Balaban J connectivity index is 1.85. The van der Waals surface area contributed by atoms with Gasteiger partial charge in [-0.15, -0.1) is 0 Å². The van der Waals surface area contributed by atoms with Gasteiger partial charge in [0.1, 0.15) is 0 Å². The first kappa shape index (κ1) is 16.3. The molecule has 0 saturated carbocycles. The van der Waals surface area contributed by atoms with Crippen LogP contribution >= 0.6 is 11.3 Å². The van der Waals surface area contributed by atoms with Crippen LogP contribution < -0.4 is 5.32 Å². The highest BCUT2D eigenvalue weighted by atomic mass is 32.1. The molecule has 0 bridgehead atoms. The smallest absolute Gasteiger partial charge is 0.00733 e. The first-order chi connectivity index (χ1) is 10.3. The predicted octanol–water partition coefficient (Wildman–Crippen LogP) is 4.99. The average molecular weight is 301 g/mol. The van der Waals surface area contributed by atoms with Gasteiger partial charge in [-0.1, -0.05) is 31.2 Å². The summed E-state index contributed by atoms with van der Waals surface area (Å²) in [4.78, 5) is 0. The summed E-state index contributed by atoms with van der Waals surface area (Å²) < 4.78 is 0. The van der Waals surface area contributed by atoms with E-state index in [9.17, 15) is 0 Å². The highest BCUT2D eigenvalue weighted by Crippen LogP contribution is 2.15. The Labute approximate surface area is 133 Å². The molecule has 1 aromatic heterocycles. The van der Waals surface area contributed by atoms with Crippen LogP contribution in [0.1, 0.15) is 42.9 Å². The van der Waals surface area contributed by atoms with Crippen molar-refractivity contribution in [1.82, 2.24) is 5.32 Å². The number of benzene rings is 1. The molecule has 1 heterocycles. The normalized spacial score (nSPS) is 12.5. The minimum absolute atomic E-state index is 0.629. The molecule has 1 atom stereocenters. The third kappa shape index (κ3) is 5.64. The van der Waals surface area contributed by atoms with Crippen molar-refractivity contribution in [2.45, 2.75) is 52.0 Å². The zero-order valence-corrected chi connectivity index (χ0v) is 14.1. The molecular formula is C19H27NS. The van der Waals surface area contributed by atoms with E-state index >= 15 is 0 Å². The summed E-state index contributed by atoms with van der Waals surface area (Å²) >= 11 is 1.80. The third-order valence-corrected chi connectivity index (χ3v) is 4.80. The highest BCUT2D eigenvalue weighted by Gasteiger charge is 2.09. The monoisotopic (exact) mass is 301 g/mol. The van der Waals surface area contributed by atoms with Gasteiger partial charge in [-0.25, -0.2) is 0 Å². The van der Waals surface area contributed by atoms with E-state index in [2.05, 4.69) is 60.3 Å². The average Bonchev–Trinajstić information content (AvgIpc) is 3.01. The molecule has 2 rings (SSSR count). The lowest BCUT2D eigenvalue weighted by molar-refractivity contribution is 0.453. The van der Waals surface area contributed by atoms with E-state index in [1.807, 2.05) is 0 Å². The van der Waals surface area contributed by atoms with Crippen LogP contribution in [0.25, 0.3) is 0 Å². The van der Waals surface area contributed by atoms with Gasteiger partial charge in [0.15, 0.2) is 0 Å². The van der Waals surface area contributed by atoms with Crippen LogP contribution in [0.3, 0.4) is 0 Å². The first-order valence-corrected chi connectivity index (χ1v) is 9.03. The molecule has 2 heteroatoms. The second-order valence-electron chi connectivity index (χ2n) is 5.79. The van der Waals surface area contributed by atoms with Gasteiger partial charge in [0, 0.05) is 6.04 Å². The van der Waals surface area contributed by atoms with E-state index < -0.39 is 0 Å². The van der Waals surface area contributed by atoms with Gasteiger partial charge in [0.05, 0.1) is 0 Å². The largest absolute Gasteiger partial charge is 0.314 e. The number of hydrogen-bond acceptors (Lipinski definition) is 2. The summed E-state index contributed by atoms with van der Waals surface area (Å²) in [6.07, 6.45) is 6.05. The Kier molecular flexibility index (Phi) is 6.98. The fourth-order valence-electron chi connectivity index (χ4n) is 2.69. The minimum atomic E-state index is 0.629. The van der Waals surface area contributed by atoms with Gasteiger partial charge in [0.2, 0.25) is 0 Å². The van der Waals surface area contributed by atoms with Crippen molar-refractivity contribution in [3.8, 4) is 0 Å². The zero-order valence-electron chi connectivity index (χ0n) is 13.3. The molecule has 1 N–H and O–H groups in total. The van der Waals surface area contributed by atoms with E-state index in [4.69, 9.17) is 0 Å². The summed E-state index contributed by atoms with van der Waals surface area (Å²) in [7, 11) is 0. The van der Waals surface area contributed by atoms with E-state index in [-0.39, 0.29) is 0 Å². The Morgan fingerprint density at radius 3 is 2.62 bits per heavy atom. The topological polar surface area (TPSA) is 12.0 Å². The van der Waals surface area contributed by atoms with Gasteiger partial charge in [-0.2, -0.15) is 11.3 Å². The lowest BCUT2D eigenvalue weighted by Gasteiger charge is -2.19. The molecular weight excluding hydrogens is 274 g/mol. The molecule has 0 aliphatic carbocycles. The molecule has 114 valence electrons. The Hall–Kier alpha value is -1.12. The first-order valence-electron chi connectivity index (χ1n) is 8.08. The fourth-order valence-corrected chi connectivity index (χ4v) is 3.40. The quantitative estimate of drug-likeness (QED) is 0.688. The zero-order chi connectivity index (χ0) is 14.9. The lowest BCUT2D eigenvalue weighted by Crippen LogP contribution is -2.30. The van der Waals surface area contributed by atoms with Crippen LogP contribution in [0, 0.1) is 6.92 Å². The van der Waals surface area contributed by atoms with Gasteiger partial charge >= 0.3 is 0 Å². The molecule has 21 heavy (non-hydrogen) atoms. The Morgan fingerprint density at radius 1 is 1.10 bits per heavy atom. The summed E-state index contributed by atoms with van der Waals surface area (Å²) in [6, 6.07) is 11.7. The number of nitrogens with one attached hydrogen (secondary N) is 1. The Bertz CT molecular complexity index is 504. The third-order valence-electron chi connectivity index (χ3n) is 4.07. The summed E-state index contributed by atoms with van der Waals surface area (Å²) in [5.41, 5.74) is 4.40. The molecule has 1 aromatic carbocycles. The van der Waals surface area contributed by atoms with Crippen LogP contribution in [0.2, 0.25) is 0 Å². The van der Waals surface area contributed by atoms with Crippen LogP contribution in [-0.2, 0) is 12.8 Å². The number of aryl methyl sites for hydroxylation is 3. The molecule has 0 spiro atoms. The van der Waals surface area contributed by atoms with Crippen molar-refractivity contribution >= 4 is 11.3 Å². The van der Waals surface area contributed by atoms with E-state index in [0.29, 0.717) is 6.04 Å². The van der Waals surface area contributed by atoms with Crippen LogP contribution in [0.5, 0.6) is 0 Å². The minimum Gasteiger partial charge on any atom is -0.314 e. The second-order valence-corrected chi connectivity index (χ2v) is 6.57. The SMILES string of the molecule is CCCNC(CCc1ccsc1)CCc1ccccc1C. The number of hydrogen-bond donors (Lipinski definition) is 1. The maximum Gasteiger partial charge on any atom is 0.00733 e. The molecule has 2 aromatic rings. The van der Waals surface area contributed by atoms with Crippen molar-refractivity contribution in [2.75, 3.05) is 6.54 Å². The van der Waals surface area contributed by atoms with Crippen LogP contribution in [0.4, 0.5) is 0 Å². The van der Waals surface area contributed by atoms with E-state index in [1.165, 1.54) is 48.8 Å². The van der Waals surface area contributed by atoms with Gasteiger partial charge in [-0.05, 0) is 79.1 Å². The molecule has 1 unspecified atom stereocenters. The van der Waals surface area contributed by atoms with Gasteiger partial charge in [-0.3, -0.25) is 0 Å². The van der Waals surface area contributed by atoms with Crippen molar-refractivity contribution < 1.29 is 0 Å². The van der Waals surface area contributed by atoms with Gasteiger partial charge in [0.25, 0.3) is 0 Å². The number of rotatable bonds is 9. The molecule has 0 radical (unpaired) electrons. The van der Waals surface area contributed by atoms with Crippen LogP contribution in [0.15, 0.2) is 41.1 Å². The molecule has 0 amide bonds. The molecule has 0 saturated heterocycles. The highest BCUT2D eigenvalue weighted by molar-refractivity contribution is 7.07. The summed E-state index contributed by atoms with van der Waals surface area (Å²) in [5.74, 6) is 0. The second kappa shape index (κ2) is 9.01. The van der Waals surface area contributed by atoms with Crippen molar-refractivity contribution in [1.29, 1.82) is 0 Å². The predicted molar refractivity (Wildman–Crippen MR) is 94.2 cm³/mol. The summed E-state index contributed by atoms with van der Waals surface area (Å²) in [6.45, 7) is 5.58. The van der Waals surface area contributed by atoms with Gasteiger partial charge < -0.3 is 5.32 Å². The lowest BCUT2D eigenvalue weighted by atomic mass is 9.97. The molecule has 1 nitrogen and oxygen atoms in total. The van der Waals surface area contributed by atoms with Crippen molar-refractivity contribution in [2.24, 2.45) is 0 Å². The van der Waals surface area contributed by atoms with Crippen molar-refractivity contribution in [3.63, 3.8) is 0 Å². The standard InChI is InChI=1S/C19H27NS/c1-3-13-20-19(10-8-17-12-14-21-15-17)11-9-18-7-5-4-6-16(18)2/h4-7,12,14-15,19-20H,3,8-11,13H2,1-2H3. The summed E-state index contributed by atoms with van der Waals surface area (Å²) in [5, 5.41) is 8.18. The number of thiophene rings is 1. The Morgan fingerprint density at radius 2 is 1.90 bits per heavy atom.